The summed E-state index contributed by atoms with van der Waals surface area (Å²) < 4.78 is 18.6. The molecule has 1 fully saturated rings. The number of halogens is 1. The maximum Gasteiger partial charge on any atom is 0.298 e. The van der Waals surface area contributed by atoms with Gasteiger partial charge in [0.2, 0.25) is 0 Å². The van der Waals surface area contributed by atoms with Crippen LogP contribution in [-0.2, 0) is 10.2 Å². The molecule has 2 aromatic carbocycles. The molecule has 1 spiro atoms. The number of anilines is 1. The fourth-order valence-electron chi connectivity index (χ4n) is 3.76. The van der Waals surface area contributed by atoms with Gasteiger partial charge in [0.05, 0.1) is 6.04 Å². The maximum absolute atomic E-state index is 13.7. The van der Waals surface area contributed by atoms with Crippen LogP contribution in [0.25, 0.3) is 0 Å². The smallest absolute Gasteiger partial charge is 0.298 e. The van der Waals surface area contributed by atoms with Crippen LogP contribution in [0.4, 0.5) is 10.1 Å². The predicted octanol–water partition coefficient (Wildman–Crippen LogP) is 4.26. The molecule has 0 amide bonds. The van der Waals surface area contributed by atoms with E-state index >= 15 is 0 Å². The van der Waals surface area contributed by atoms with Gasteiger partial charge in [0.15, 0.2) is 0 Å². The van der Waals surface area contributed by atoms with Crippen molar-refractivity contribution >= 4 is 12.2 Å². The van der Waals surface area contributed by atoms with Gasteiger partial charge in [-0.25, -0.2) is 4.39 Å². The van der Waals surface area contributed by atoms with E-state index in [1.165, 1.54) is 11.6 Å². The Labute approximate surface area is 134 Å². The van der Waals surface area contributed by atoms with Gasteiger partial charge in [0, 0.05) is 5.69 Å². The molecule has 23 heavy (non-hydrogen) atoms. The molecule has 4 heteroatoms. The van der Waals surface area contributed by atoms with Crippen molar-refractivity contribution in [3.63, 3.8) is 0 Å². The summed E-state index contributed by atoms with van der Waals surface area (Å²) in [6, 6.07) is 10.8. The molecule has 2 aliphatic rings. The van der Waals surface area contributed by atoms with E-state index in [4.69, 9.17) is 4.74 Å². The highest BCUT2D eigenvalue weighted by atomic mass is 19.1. The number of carbonyl (C=O) groups is 1. The lowest BCUT2D eigenvalue weighted by Crippen LogP contribution is -2.26. The highest BCUT2D eigenvalue weighted by molar-refractivity contribution is 5.64. The van der Waals surface area contributed by atoms with Crippen LogP contribution in [-0.4, -0.2) is 6.47 Å². The van der Waals surface area contributed by atoms with Gasteiger partial charge in [-0.2, -0.15) is 0 Å². The van der Waals surface area contributed by atoms with Crippen molar-refractivity contribution in [2.24, 2.45) is 0 Å². The normalized spacial score (nSPS) is 20.5. The standard InChI is InChI=1S/C19H18FNO2/c1-12-2-3-13(20)8-15(12)18-10-19(6-7-19)16-9-14(23-11-22)4-5-17(16)21-18/h2-5,8-9,11,18,21H,6-7,10H2,1H3. The average molecular weight is 311 g/mol. The molecule has 0 bridgehead atoms. The average Bonchev–Trinajstić information content (AvgIpc) is 3.31. The van der Waals surface area contributed by atoms with Crippen molar-refractivity contribution in [1.29, 1.82) is 0 Å². The van der Waals surface area contributed by atoms with Crippen LogP contribution in [0.1, 0.15) is 42.0 Å². The van der Waals surface area contributed by atoms with Crippen LogP contribution in [0.3, 0.4) is 0 Å². The highest BCUT2D eigenvalue weighted by Gasteiger charge is 2.50. The third-order valence-corrected chi connectivity index (χ3v) is 5.14. The van der Waals surface area contributed by atoms with E-state index in [-0.39, 0.29) is 17.3 Å². The molecule has 1 saturated carbocycles. The Morgan fingerprint density at radius 2 is 2.09 bits per heavy atom. The van der Waals surface area contributed by atoms with Crippen molar-refractivity contribution in [2.75, 3.05) is 5.32 Å². The topological polar surface area (TPSA) is 38.3 Å². The monoisotopic (exact) mass is 311 g/mol. The Morgan fingerprint density at radius 1 is 1.26 bits per heavy atom. The lowest BCUT2D eigenvalue weighted by Gasteiger charge is -2.34. The molecular weight excluding hydrogens is 293 g/mol. The van der Waals surface area contributed by atoms with Gasteiger partial charge in [-0.1, -0.05) is 6.07 Å². The summed E-state index contributed by atoms with van der Waals surface area (Å²) >= 11 is 0. The minimum absolute atomic E-state index is 0.110. The summed E-state index contributed by atoms with van der Waals surface area (Å²) in [6.45, 7) is 2.48. The van der Waals surface area contributed by atoms with E-state index in [0.29, 0.717) is 12.2 Å². The number of nitrogens with one attached hydrogen (secondary N) is 1. The fourth-order valence-corrected chi connectivity index (χ4v) is 3.76. The first-order valence-electron chi connectivity index (χ1n) is 7.89. The number of fused-ring (bicyclic) bond motifs is 2. The summed E-state index contributed by atoms with van der Waals surface area (Å²) in [5, 5.41) is 3.54. The largest absolute Gasteiger partial charge is 0.429 e. The molecule has 0 saturated heterocycles. The van der Waals surface area contributed by atoms with Crippen LogP contribution >= 0.6 is 0 Å². The Kier molecular flexibility index (Phi) is 3.15. The van der Waals surface area contributed by atoms with E-state index in [0.717, 1.165) is 36.1 Å². The fraction of sp³-hybridized carbons (Fsp3) is 0.316. The SMILES string of the molecule is Cc1ccc(F)cc1C1CC2(CC2)c2cc(OC=O)ccc2N1. The van der Waals surface area contributed by atoms with Crippen molar-refractivity contribution in [3.05, 3.63) is 58.9 Å². The van der Waals surface area contributed by atoms with Crippen molar-refractivity contribution in [3.8, 4) is 5.75 Å². The van der Waals surface area contributed by atoms with Gasteiger partial charge in [-0.3, -0.25) is 4.79 Å². The van der Waals surface area contributed by atoms with Crippen molar-refractivity contribution in [1.82, 2.24) is 0 Å². The molecule has 1 aliphatic heterocycles. The Hall–Kier alpha value is -2.36. The minimum atomic E-state index is -0.197. The molecule has 1 N–H and O–H groups in total. The first-order valence-corrected chi connectivity index (χ1v) is 7.89. The van der Waals surface area contributed by atoms with E-state index in [9.17, 15) is 9.18 Å². The number of hydrogen-bond acceptors (Lipinski definition) is 3. The van der Waals surface area contributed by atoms with E-state index in [1.54, 1.807) is 12.1 Å². The second kappa shape index (κ2) is 5.08. The number of benzene rings is 2. The quantitative estimate of drug-likeness (QED) is 0.861. The first kappa shape index (κ1) is 14.2. The van der Waals surface area contributed by atoms with Gasteiger partial charge in [-0.15, -0.1) is 0 Å². The molecular formula is C19H18FNO2. The van der Waals surface area contributed by atoms with Crippen LogP contribution in [0.5, 0.6) is 5.75 Å². The molecule has 0 aromatic heterocycles. The maximum atomic E-state index is 13.7. The van der Waals surface area contributed by atoms with Crippen LogP contribution in [0.15, 0.2) is 36.4 Å². The van der Waals surface area contributed by atoms with Crippen LogP contribution in [0.2, 0.25) is 0 Å². The lowest BCUT2D eigenvalue weighted by molar-refractivity contribution is -0.120. The zero-order valence-corrected chi connectivity index (χ0v) is 12.9. The van der Waals surface area contributed by atoms with Crippen LogP contribution < -0.4 is 10.1 Å². The summed E-state index contributed by atoms with van der Waals surface area (Å²) in [6.07, 6.45) is 3.18. The minimum Gasteiger partial charge on any atom is -0.429 e. The molecule has 1 heterocycles. The van der Waals surface area contributed by atoms with E-state index < -0.39 is 0 Å². The first-order chi connectivity index (χ1) is 11.1. The number of aryl methyl sites for hydroxylation is 1. The van der Waals surface area contributed by atoms with Gasteiger partial charge in [0.25, 0.3) is 6.47 Å². The lowest BCUT2D eigenvalue weighted by atomic mass is 9.81. The second-order valence-corrected chi connectivity index (χ2v) is 6.60. The predicted molar refractivity (Wildman–Crippen MR) is 86.2 cm³/mol. The highest BCUT2D eigenvalue weighted by Crippen LogP contribution is 2.59. The zero-order valence-electron chi connectivity index (χ0n) is 12.9. The molecule has 1 aliphatic carbocycles. The van der Waals surface area contributed by atoms with Crippen molar-refractivity contribution in [2.45, 2.75) is 37.6 Å². The van der Waals surface area contributed by atoms with Gasteiger partial charge < -0.3 is 10.1 Å². The summed E-state index contributed by atoms with van der Waals surface area (Å²) in [4.78, 5) is 10.6. The summed E-state index contributed by atoms with van der Waals surface area (Å²) in [5.74, 6) is 0.380. The van der Waals surface area contributed by atoms with Gasteiger partial charge >= 0.3 is 0 Å². The molecule has 118 valence electrons. The number of hydrogen-bond donors (Lipinski definition) is 1. The zero-order chi connectivity index (χ0) is 16.0. The third-order valence-electron chi connectivity index (χ3n) is 5.14. The second-order valence-electron chi connectivity index (χ2n) is 6.60. The number of carbonyl (C=O) groups excluding carboxylic acids is 1. The van der Waals surface area contributed by atoms with E-state index in [2.05, 4.69) is 5.32 Å². The van der Waals surface area contributed by atoms with E-state index in [1.807, 2.05) is 25.1 Å². The van der Waals surface area contributed by atoms with Gasteiger partial charge in [-0.05, 0) is 78.6 Å². The van der Waals surface area contributed by atoms with Crippen molar-refractivity contribution < 1.29 is 13.9 Å². The third kappa shape index (κ3) is 2.38. The van der Waals surface area contributed by atoms with Crippen LogP contribution in [0, 0.1) is 12.7 Å². The molecule has 4 rings (SSSR count). The number of rotatable bonds is 3. The summed E-state index contributed by atoms with van der Waals surface area (Å²) in [7, 11) is 0. The Balaban J connectivity index is 1.73. The Morgan fingerprint density at radius 3 is 2.83 bits per heavy atom. The molecule has 0 radical (unpaired) electrons. The molecule has 2 aromatic rings. The molecule has 1 atom stereocenters. The number of ether oxygens (including phenoxy) is 1. The molecule has 1 unspecified atom stereocenters. The molecule has 3 nitrogen and oxygen atoms in total. The Bertz CT molecular complexity index is 783. The van der Waals surface area contributed by atoms with Gasteiger partial charge in [0.1, 0.15) is 11.6 Å². The summed E-state index contributed by atoms with van der Waals surface area (Å²) in [5.41, 5.74) is 4.52.